The van der Waals surface area contributed by atoms with Gasteiger partial charge in [-0.05, 0) is 12.0 Å². The molecule has 1 aliphatic rings. The van der Waals surface area contributed by atoms with Crippen LogP contribution in [-0.4, -0.2) is 17.7 Å². The van der Waals surface area contributed by atoms with Gasteiger partial charge in [0, 0.05) is 42.5 Å². The Bertz CT molecular complexity index is 527. The van der Waals surface area contributed by atoms with Gasteiger partial charge in [-0.15, -0.1) is 0 Å². The Labute approximate surface area is 87.8 Å². The summed E-state index contributed by atoms with van der Waals surface area (Å²) >= 11 is 0. The number of hydrogen-bond acceptors (Lipinski definition) is 3. The number of nitrogens with zero attached hydrogens (tertiary/aromatic N) is 2. The molecular formula is C12H12N2O. The highest BCUT2D eigenvalue weighted by atomic mass is 16.3. The molecule has 76 valence electrons. The van der Waals surface area contributed by atoms with E-state index in [0.29, 0.717) is 5.92 Å². The summed E-state index contributed by atoms with van der Waals surface area (Å²) in [7, 11) is 0. The molecule has 1 unspecified atom stereocenters. The summed E-state index contributed by atoms with van der Waals surface area (Å²) < 4.78 is 5.81. The zero-order valence-corrected chi connectivity index (χ0v) is 8.60. The zero-order chi connectivity index (χ0) is 10.3. The third-order valence-corrected chi connectivity index (χ3v) is 2.78. The van der Waals surface area contributed by atoms with Gasteiger partial charge in [0.2, 0.25) is 0 Å². The summed E-state index contributed by atoms with van der Waals surface area (Å²) in [6, 6.07) is 1.91. The molecule has 0 saturated carbocycles. The molecule has 2 aromatic rings. The van der Waals surface area contributed by atoms with Crippen LogP contribution in [0.2, 0.25) is 0 Å². The van der Waals surface area contributed by atoms with Gasteiger partial charge in [0.25, 0.3) is 0 Å². The number of furan rings is 1. The van der Waals surface area contributed by atoms with Crippen molar-refractivity contribution in [1.29, 1.82) is 0 Å². The molecule has 2 aromatic heterocycles. The average Bonchev–Trinajstić information content (AvgIpc) is 2.46. The molecule has 0 amide bonds. The number of aliphatic imine (C=N–C) groups is 1. The van der Waals surface area contributed by atoms with E-state index in [1.807, 2.05) is 18.5 Å². The summed E-state index contributed by atoms with van der Waals surface area (Å²) in [6.07, 6.45) is 6.49. The van der Waals surface area contributed by atoms with E-state index in [1.165, 1.54) is 0 Å². The van der Waals surface area contributed by atoms with E-state index in [2.05, 4.69) is 16.9 Å². The lowest BCUT2D eigenvalue weighted by Gasteiger charge is -2.02. The smallest absolute Gasteiger partial charge is 0.138 e. The van der Waals surface area contributed by atoms with Crippen molar-refractivity contribution in [3.05, 3.63) is 29.8 Å². The van der Waals surface area contributed by atoms with Crippen molar-refractivity contribution in [3.8, 4) is 0 Å². The molecule has 1 atom stereocenters. The van der Waals surface area contributed by atoms with Crippen molar-refractivity contribution in [3.63, 3.8) is 0 Å². The normalized spacial score (nSPS) is 20.2. The molecule has 0 aliphatic carbocycles. The molecule has 3 heteroatoms. The number of pyridine rings is 1. The fourth-order valence-corrected chi connectivity index (χ4v) is 2.01. The minimum Gasteiger partial charge on any atom is -0.460 e. The molecule has 0 bridgehead atoms. The van der Waals surface area contributed by atoms with Crippen LogP contribution < -0.4 is 0 Å². The second-order valence-corrected chi connectivity index (χ2v) is 4.11. The van der Waals surface area contributed by atoms with E-state index in [4.69, 9.17) is 4.42 Å². The number of rotatable bonds is 0. The second-order valence-electron chi connectivity index (χ2n) is 4.11. The topological polar surface area (TPSA) is 38.4 Å². The van der Waals surface area contributed by atoms with Crippen molar-refractivity contribution in [2.24, 2.45) is 10.9 Å². The quantitative estimate of drug-likeness (QED) is 0.655. The number of fused-ring (bicyclic) bond motifs is 3. The molecule has 0 saturated heterocycles. The van der Waals surface area contributed by atoms with Crippen LogP contribution in [0.25, 0.3) is 11.0 Å². The van der Waals surface area contributed by atoms with Crippen molar-refractivity contribution in [2.45, 2.75) is 13.3 Å². The minimum absolute atomic E-state index is 0.552. The van der Waals surface area contributed by atoms with E-state index in [-0.39, 0.29) is 0 Å². The highest BCUT2D eigenvalue weighted by Gasteiger charge is 2.17. The van der Waals surface area contributed by atoms with Gasteiger partial charge in [0.15, 0.2) is 0 Å². The highest BCUT2D eigenvalue weighted by molar-refractivity contribution is 5.99. The van der Waals surface area contributed by atoms with Crippen molar-refractivity contribution < 1.29 is 4.42 Å². The molecule has 1 aliphatic heterocycles. The molecule has 0 radical (unpaired) electrons. The maximum atomic E-state index is 5.81. The first-order valence-electron chi connectivity index (χ1n) is 5.20. The second kappa shape index (κ2) is 3.19. The van der Waals surface area contributed by atoms with Gasteiger partial charge in [-0.3, -0.25) is 9.98 Å². The van der Waals surface area contributed by atoms with Crippen LogP contribution in [0.5, 0.6) is 0 Å². The lowest BCUT2D eigenvalue weighted by molar-refractivity contribution is 0.488. The van der Waals surface area contributed by atoms with Crippen LogP contribution in [-0.2, 0) is 6.42 Å². The Morgan fingerprint density at radius 1 is 1.47 bits per heavy atom. The summed E-state index contributed by atoms with van der Waals surface area (Å²) in [5.74, 6) is 1.60. The van der Waals surface area contributed by atoms with E-state index in [1.54, 1.807) is 6.20 Å². The molecule has 3 rings (SSSR count). The number of aromatic nitrogens is 1. The standard InChI is InChI=1S/C12H12N2O/c1-8-4-12-10(7-14-5-8)9-6-13-3-2-11(9)15-12/h2-3,6-8H,4-5H2,1H3. The van der Waals surface area contributed by atoms with E-state index in [0.717, 1.165) is 35.3 Å². The minimum atomic E-state index is 0.552. The Morgan fingerprint density at radius 2 is 2.40 bits per heavy atom. The molecule has 15 heavy (non-hydrogen) atoms. The Hall–Kier alpha value is -1.64. The lowest BCUT2D eigenvalue weighted by atomic mass is 10.1. The third-order valence-electron chi connectivity index (χ3n) is 2.78. The molecule has 0 N–H and O–H groups in total. The van der Waals surface area contributed by atoms with Crippen LogP contribution >= 0.6 is 0 Å². The fraction of sp³-hybridized carbons (Fsp3) is 0.333. The summed E-state index contributed by atoms with van der Waals surface area (Å²) in [6.45, 7) is 3.07. The SMILES string of the molecule is CC1CN=Cc2c(oc3ccncc23)C1. The average molecular weight is 200 g/mol. The first-order chi connectivity index (χ1) is 7.34. The largest absolute Gasteiger partial charge is 0.460 e. The predicted molar refractivity (Wildman–Crippen MR) is 59.3 cm³/mol. The molecule has 0 fully saturated rings. The van der Waals surface area contributed by atoms with Gasteiger partial charge < -0.3 is 4.42 Å². The predicted octanol–water partition coefficient (Wildman–Crippen LogP) is 2.44. The maximum Gasteiger partial charge on any atom is 0.138 e. The Kier molecular flexibility index (Phi) is 1.84. The monoisotopic (exact) mass is 200 g/mol. The maximum absolute atomic E-state index is 5.81. The van der Waals surface area contributed by atoms with Gasteiger partial charge in [0.1, 0.15) is 11.3 Å². The van der Waals surface area contributed by atoms with Crippen molar-refractivity contribution >= 4 is 17.2 Å². The summed E-state index contributed by atoms with van der Waals surface area (Å²) in [5, 5.41) is 1.07. The van der Waals surface area contributed by atoms with Crippen LogP contribution in [0, 0.1) is 5.92 Å². The lowest BCUT2D eigenvalue weighted by Crippen LogP contribution is -2.00. The van der Waals surface area contributed by atoms with Gasteiger partial charge in [0.05, 0.1) is 0 Å². The summed E-state index contributed by atoms with van der Waals surface area (Å²) in [5.41, 5.74) is 2.03. The van der Waals surface area contributed by atoms with Gasteiger partial charge in [-0.1, -0.05) is 6.92 Å². The summed E-state index contributed by atoms with van der Waals surface area (Å²) in [4.78, 5) is 8.52. The molecular weight excluding hydrogens is 188 g/mol. The van der Waals surface area contributed by atoms with Gasteiger partial charge >= 0.3 is 0 Å². The van der Waals surface area contributed by atoms with E-state index in [9.17, 15) is 0 Å². The Morgan fingerprint density at radius 3 is 3.33 bits per heavy atom. The van der Waals surface area contributed by atoms with Crippen molar-refractivity contribution in [2.75, 3.05) is 6.54 Å². The fourth-order valence-electron chi connectivity index (χ4n) is 2.01. The van der Waals surface area contributed by atoms with Crippen LogP contribution in [0.4, 0.5) is 0 Å². The Balaban J connectivity index is 2.27. The molecule has 3 heterocycles. The van der Waals surface area contributed by atoms with Crippen LogP contribution in [0.15, 0.2) is 27.9 Å². The molecule has 3 nitrogen and oxygen atoms in total. The highest BCUT2D eigenvalue weighted by Crippen LogP contribution is 2.27. The molecule has 0 spiro atoms. The first kappa shape index (κ1) is 8.65. The van der Waals surface area contributed by atoms with Gasteiger partial charge in [-0.2, -0.15) is 0 Å². The number of hydrogen-bond donors (Lipinski definition) is 0. The van der Waals surface area contributed by atoms with E-state index < -0.39 is 0 Å². The van der Waals surface area contributed by atoms with Gasteiger partial charge in [-0.25, -0.2) is 0 Å². The van der Waals surface area contributed by atoms with E-state index >= 15 is 0 Å². The first-order valence-corrected chi connectivity index (χ1v) is 5.20. The third kappa shape index (κ3) is 1.35. The van der Waals surface area contributed by atoms with Crippen LogP contribution in [0.3, 0.4) is 0 Å². The van der Waals surface area contributed by atoms with Crippen molar-refractivity contribution in [1.82, 2.24) is 4.98 Å². The molecule has 0 aromatic carbocycles. The van der Waals surface area contributed by atoms with Crippen LogP contribution in [0.1, 0.15) is 18.2 Å². The zero-order valence-electron chi connectivity index (χ0n) is 8.60.